The molecule has 1 atom stereocenters. The molecule has 1 aliphatic heterocycles. The van der Waals surface area contributed by atoms with Crippen LogP contribution in [0.4, 0.5) is 8.78 Å². The van der Waals surface area contributed by atoms with Gasteiger partial charge in [-0.05, 0) is 25.7 Å². The number of carbonyl (C=O) groups is 1. The van der Waals surface area contributed by atoms with Gasteiger partial charge in [-0.25, -0.2) is 0 Å². The fourth-order valence-corrected chi connectivity index (χ4v) is 1.87. The highest BCUT2D eigenvalue weighted by Crippen LogP contribution is 2.21. The summed E-state index contributed by atoms with van der Waals surface area (Å²) in [6.45, 7) is 0.339. The van der Waals surface area contributed by atoms with Gasteiger partial charge in [0.15, 0.2) is 0 Å². The summed E-state index contributed by atoms with van der Waals surface area (Å²) in [7, 11) is 0. The summed E-state index contributed by atoms with van der Waals surface area (Å²) in [5.41, 5.74) is 0. The van der Waals surface area contributed by atoms with Crippen molar-refractivity contribution in [3.63, 3.8) is 0 Å². The minimum Gasteiger partial charge on any atom is -0.396 e. The van der Waals surface area contributed by atoms with Gasteiger partial charge in [-0.15, -0.1) is 0 Å². The van der Waals surface area contributed by atoms with Crippen LogP contribution >= 0.6 is 0 Å². The predicted octanol–water partition coefficient (Wildman–Crippen LogP) is 1.02. The van der Waals surface area contributed by atoms with Crippen LogP contribution in [0.1, 0.15) is 25.7 Å². The number of aliphatic hydroxyl groups is 1. The molecule has 0 aromatic carbocycles. The smallest absolute Gasteiger partial charge is 0.315 e. The Morgan fingerprint density at radius 1 is 1.50 bits per heavy atom. The Morgan fingerprint density at radius 3 is 2.79 bits per heavy atom. The lowest BCUT2D eigenvalue weighted by Gasteiger charge is -2.35. The largest absolute Gasteiger partial charge is 0.396 e. The van der Waals surface area contributed by atoms with Gasteiger partial charge in [0, 0.05) is 19.2 Å². The van der Waals surface area contributed by atoms with Crippen molar-refractivity contribution >= 4 is 5.91 Å². The second-order valence-corrected chi connectivity index (χ2v) is 3.49. The normalized spacial score (nSPS) is 22.9. The van der Waals surface area contributed by atoms with E-state index in [0.717, 1.165) is 19.3 Å². The van der Waals surface area contributed by atoms with Crippen molar-refractivity contribution in [3.8, 4) is 0 Å². The number of piperidine rings is 1. The predicted molar refractivity (Wildman–Crippen MR) is 47.1 cm³/mol. The molecule has 0 aromatic rings. The number of hydrogen-bond donors (Lipinski definition) is 1. The Labute approximate surface area is 81.7 Å². The van der Waals surface area contributed by atoms with Crippen molar-refractivity contribution in [2.24, 2.45) is 0 Å². The number of amides is 1. The van der Waals surface area contributed by atoms with Gasteiger partial charge in [0.25, 0.3) is 5.91 Å². The summed E-state index contributed by atoms with van der Waals surface area (Å²) in [4.78, 5) is 12.3. The molecular weight excluding hydrogens is 192 g/mol. The van der Waals surface area contributed by atoms with E-state index in [4.69, 9.17) is 5.11 Å². The minimum atomic E-state index is -2.92. The van der Waals surface area contributed by atoms with Crippen molar-refractivity contribution in [2.45, 2.75) is 38.2 Å². The fourth-order valence-electron chi connectivity index (χ4n) is 1.87. The number of nitrogens with zero attached hydrogens (tertiary/aromatic N) is 1. The van der Waals surface area contributed by atoms with Gasteiger partial charge in [0.05, 0.1) is 0 Å². The molecule has 1 fully saturated rings. The van der Waals surface area contributed by atoms with Crippen molar-refractivity contribution in [1.29, 1.82) is 0 Å². The van der Waals surface area contributed by atoms with Gasteiger partial charge >= 0.3 is 6.43 Å². The number of halogens is 2. The quantitative estimate of drug-likeness (QED) is 0.750. The zero-order valence-corrected chi connectivity index (χ0v) is 7.96. The maximum absolute atomic E-state index is 12.2. The third-order valence-corrected chi connectivity index (χ3v) is 2.56. The first-order chi connectivity index (χ1) is 6.66. The summed E-state index contributed by atoms with van der Waals surface area (Å²) in [5.74, 6) is -1.09. The molecule has 14 heavy (non-hydrogen) atoms. The van der Waals surface area contributed by atoms with Crippen LogP contribution in [0.5, 0.6) is 0 Å². The lowest BCUT2D eigenvalue weighted by Crippen LogP contribution is -2.46. The first kappa shape index (κ1) is 11.4. The number of carbonyl (C=O) groups excluding carboxylic acids is 1. The average molecular weight is 207 g/mol. The maximum atomic E-state index is 12.2. The Morgan fingerprint density at radius 2 is 2.21 bits per heavy atom. The number of likely N-dealkylation sites (tertiary alicyclic amines) is 1. The molecule has 1 unspecified atom stereocenters. The fraction of sp³-hybridized carbons (Fsp3) is 0.889. The number of alkyl halides is 2. The van der Waals surface area contributed by atoms with Gasteiger partial charge in [0.2, 0.25) is 0 Å². The Hall–Kier alpha value is -0.710. The van der Waals surface area contributed by atoms with Crippen LogP contribution in [0, 0.1) is 0 Å². The van der Waals surface area contributed by atoms with Crippen molar-refractivity contribution in [3.05, 3.63) is 0 Å². The third-order valence-electron chi connectivity index (χ3n) is 2.56. The van der Waals surface area contributed by atoms with E-state index < -0.39 is 12.3 Å². The zero-order valence-electron chi connectivity index (χ0n) is 7.96. The van der Waals surface area contributed by atoms with Crippen LogP contribution in [0.15, 0.2) is 0 Å². The van der Waals surface area contributed by atoms with Crippen LogP contribution < -0.4 is 0 Å². The van der Waals surface area contributed by atoms with Gasteiger partial charge < -0.3 is 10.0 Å². The molecule has 0 radical (unpaired) electrons. The standard InChI is InChI=1S/C9H15F2NO2/c10-8(11)9(14)12-5-2-1-3-7(12)4-6-13/h7-8,13H,1-6H2. The Balaban J connectivity index is 2.57. The van der Waals surface area contributed by atoms with E-state index in [1.165, 1.54) is 4.90 Å². The first-order valence-corrected chi connectivity index (χ1v) is 4.86. The second-order valence-electron chi connectivity index (χ2n) is 3.49. The molecule has 0 aromatic heterocycles. The molecule has 3 nitrogen and oxygen atoms in total. The zero-order chi connectivity index (χ0) is 10.6. The van der Waals surface area contributed by atoms with Gasteiger partial charge in [-0.1, -0.05) is 0 Å². The lowest BCUT2D eigenvalue weighted by atomic mass is 9.99. The lowest BCUT2D eigenvalue weighted by molar-refractivity contribution is -0.147. The summed E-state index contributed by atoms with van der Waals surface area (Å²) >= 11 is 0. The average Bonchev–Trinajstić information content (AvgIpc) is 2.18. The summed E-state index contributed by atoms with van der Waals surface area (Å²) in [6.07, 6.45) is -0.0791. The minimum absolute atomic E-state index is 0.0579. The number of rotatable bonds is 3. The van der Waals surface area contributed by atoms with E-state index in [9.17, 15) is 13.6 Å². The van der Waals surface area contributed by atoms with Gasteiger partial charge in [-0.3, -0.25) is 4.79 Å². The van der Waals surface area contributed by atoms with Crippen molar-refractivity contribution in [2.75, 3.05) is 13.2 Å². The Kier molecular flexibility index (Phi) is 4.25. The highest BCUT2D eigenvalue weighted by Gasteiger charge is 2.30. The van der Waals surface area contributed by atoms with E-state index in [1.807, 2.05) is 0 Å². The molecule has 0 saturated carbocycles. The van der Waals surface area contributed by atoms with Crippen molar-refractivity contribution < 1.29 is 18.7 Å². The molecular formula is C9H15F2NO2. The van der Waals surface area contributed by atoms with Gasteiger partial charge in [0.1, 0.15) is 0 Å². The SMILES string of the molecule is O=C(C(F)F)N1CCCCC1CCO. The molecule has 0 aliphatic carbocycles. The summed E-state index contributed by atoms with van der Waals surface area (Å²) in [5, 5.41) is 8.73. The van der Waals surface area contributed by atoms with Gasteiger partial charge in [-0.2, -0.15) is 8.78 Å². The molecule has 0 spiro atoms. The van der Waals surface area contributed by atoms with Crippen LogP contribution in [-0.4, -0.2) is 41.5 Å². The highest BCUT2D eigenvalue weighted by atomic mass is 19.3. The molecule has 82 valence electrons. The molecule has 1 rings (SSSR count). The molecule has 0 bridgehead atoms. The van der Waals surface area contributed by atoms with E-state index in [0.29, 0.717) is 13.0 Å². The number of aliphatic hydroxyl groups excluding tert-OH is 1. The monoisotopic (exact) mass is 207 g/mol. The first-order valence-electron chi connectivity index (χ1n) is 4.86. The molecule has 1 saturated heterocycles. The van der Waals surface area contributed by atoms with Crippen molar-refractivity contribution in [1.82, 2.24) is 4.90 Å². The third kappa shape index (κ3) is 2.64. The Bertz CT molecular complexity index is 197. The molecule has 5 heteroatoms. The number of hydrogen-bond acceptors (Lipinski definition) is 2. The molecule has 1 amide bonds. The van der Waals surface area contributed by atoms with E-state index in [-0.39, 0.29) is 12.6 Å². The summed E-state index contributed by atoms with van der Waals surface area (Å²) in [6, 6.07) is -0.199. The van der Waals surface area contributed by atoms with Crippen LogP contribution in [0.2, 0.25) is 0 Å². The van der Waals surface area contributed by atoms with E-state index >= 15 is 0 Å². The van der Waals surface area contributed by atoms with E-state index in [1.54, 1.807) is 0 Å². The van der Waals surface area contributed by atoms with E-state index in [2.05, 4.69) is 0 Å². The molecule has 1 N–H and O–H groups in total. The maximum Gasteiger partial charge on any atom is 0.315 e. The van der Waals surface area contributed by atoms with Crippen LogP contribution in [-0.2, 0) is 4.79 Å². The van der Waals surface area contributed by atoms with Crippen LogP contribution in [0.3, 0.4) is 0 Å². The molecule has 1 heterocycles. The summed E-state index contributed by atoms with van der Waals surface area (Å²) < 4.78 is 24.3. The van der Waals surface area contributed by atoms with Crippen LogP contribution in [0.25, 0.3) is 0 Å². The molecule has 1 aliphatic rings. The topological polar surface area (TPSA) is 40.5 Å². The highest BCUT2D eigenvalue weighted by molar-refractivity contribution is 5.79. The second kappa shape index (κ2) is 5.24.